The van der Waals surface area contributed by atoms with Gasteiger partial charge in [0.1, 0.15) is 11.6 Å². The zero-order valence-corrected chi connectivity index (χ0v) is 19.9. The third kappa shape index (κ3) is 4.17. The second-order valence-corrected chi connectivity index (χ2v) is 9.17. The molecule has 3 fully saturated rings. The molecular weight excluding hydrogens is 440 g/mol. The Hall–Kier alpha value is -3.30. The molecule has 2 aliphatic heterocycles. The quantitative estimate of drug-likeness (QED) is 0.615. The number of methoxy groups -OCH3 is 2. The maximum Gasteiger partial charge on any atom is 0.325 e. The lowest BCUT2D eigenvalue weighted by atomic mass is 9.97. The van der Waals surface area contributed by atoms with Gasteiger partial charge in [-0.1, -0.05) is 12.8 Å². The Morgan fingerprint density at radius 2 is 1.62 bits per heavy atom. The standard InChI is InChI=1S/C24H32N4O6/c1-15(28-22(31)24(26-23(28)32)9-5-6-10-24)20(29)25-17-14-19(34-3)18(33-2)13-16(17)21(30)27-11-7-4-8-12-27/h13-15H,4-12H2,1-3H3,(H,25,29)(H,26,32). The summed E-state index contributed by atoms with van der Waals surface area (Å²) in [5.74, 6) is -0.441. The van der Waals surface area contributed by atoms with E-state index >= 15 is 0 Å². The van der Waals surface area contributed by atoms with E-state index in [-0.39, 0.29) is 23.1 Å². The molecule has 10 heteroatoms. The molecule has 10 nitrogen and oxygen atoms in total. The van der Waals surface area contributed by atoms with Gasteiger partial charge in [0.05, 0.1) is 25.5 Å². The van der Waals surface area contributed by atoms with E-state index in [4.69, 9.17) is 9.47 Å². The Morgan fingerprint density at radius 1 is 1.00 bits per heavy atom. The van der Waals surface area contributed by atoms with Crippen molar-refractivity contribution in [3.63, 3.8) is 0 Å². The van der Waals surface area contributed by atoms with Crippen LogP contribution in [-0.4, -0.2) is 72.4 Å². The molecule has 3 aliphatic rings. The molecule has 4 rings (SSSR count). The highest BCUT2D eigenvalue weighted by atomic mass is 16.5. The predicted molar refractivity (Wildman–Crippen MR) is 124 cm³/mol. The Kier molecular flexibility index (Phi) is 6.67. The number of hydrogen-bond donors (Lipinski definition) is 2. The molecule has 2 N–H and O–H groups in total. The van der Waals surface area contributed by atoms with Crippen molar-refractivity contribution in [2.24, 2.45) is 0 Å². The first kappa shape index (κ1) is 23.8. The average molecular weight is 473 g/mol. The third-order valence-electron chi connectivity index (χ3n) is 7.07. The van der Waals surface area contributed by atoms with Crippen molar-refractivity contribution in [2.45, 2.75) is 63.5 Å². The van der Waals surface area contributed by atoms with Crippen LogP contribution in [0, 0.1) is 0 Å². The number of anilines is 1. The van der Waals surface area contributed by atoms with Crippen LogP contribution < -0.4 is 20.1 Å². The minimum absolute atomic E-state index is 0.219. The summed E-state index contributed by atoms with van der Waals surface area (Å²) in [7, 11) is 2.94. The van der Waals surface area contributed by atoms with Crippen LogP contribution in [-0.2, 0) is 9.59 Å². The van der Waals surface area contributed by atoms with Crippen molar-refractivity contribution in [3.05, 3.63) is 17.7 Å². The molecule has 5 amide bonds. The lowest BCUT2D eigenvalue weighted by Crippen LogP contribution is -2.48. The van der Waals surface area contributed by atoms with E-state index in [1.807, 2.05) is 0 Å². The van der Waals surface area contributed by atoms with E-state index in [9.17, 15) is 19.2 Å². The molecule has 0 radical (unpaired) electrons. The lowest BCUT2D eigenvalue weighted by Gasteiger charge is -2.28. The molecule has 1 spiro atoms. The second kappa shape index (κ2) is 9.52. The minimum atomic E-state index is -1.06. The van der Waals surface area contributed by atoms with Crippen molar-refractivity contribution in [3.8, 4) is 11.5 Å². The smallest absolute Gasteiger partial charge is 0.325 e. The van der Waals surface area contributed by atoms with Crippen LogP contribution in [0.3, 0.4) is 0 Å². The highest BCUT2D eigenvalue weighted by molar-refractivity contribution is 6.12. The fourth-order valence-corrected chi connectivity index (χ4v) is 5.09. The fourth-order valence-electron chi connectivity index (χ4n) is 5.09. The number of carbonyl (C=O) groups is 4. The van der Waals surface area contributed by atoms with Crippen LogP contribution in [0.25, 0.3) is 0 Å². The number of benzene rings is 1. The van der Waals surface area contributed by atoms with Gasteiger partial charge in [0.2, 0.25) is 5.91 Å². The van der Waals surface area contributed by atoms with E-state index < -0.39 is 23.5 Å². The van der Waals surface area contributed by atoms with E-state index in [1.54, 1.807) is 11.0 Å². The molecule has 0 aromatic heterocycles. The highest BCUT2D eigenvalue weighted by Gasteiger charge is 2.54. The maximum absolute atomic E-state index is 13.3. The molecule has 0 bridgehead atoms. The predicted octanol–water partition coefficient (Wildman–Crippen LogP) is 2.52. The Morgan fingerprint density at radius 3 is 2.24 bits per heavy atom. The molecule has 1 unspecified atom stereocenters. The molecule has 184 valence electrons. The number of amides is 5. The maximum atomic E-state index is 13.3. The molecule has 2 saturated heterocycles. The van der Waals surface area contributed by atoms with E-state index in [2.05, 4.69) is 10.6 Å². The number of carbonyl (C=O) groups excluding carboxylic acids is 4. The average Bonchev–Trinajstić information content (AvgIpc) is 3.42. The summed E-state index contributed by atoms with van der Waals surface area (Å²) >= 11 is 0. The van der Waals surface area contributed by atoms with Gasteiger partial charge in [-0.2, -0.15) is 0 Å². The number of likely N-dealkylation sites (tertiary alicyclic amines) is 1. The largest absolute Gasteiger partial charge is 0.493 e. The fraction of sp³-hybridized carbons (Fsp3) is 0.583. The van der Waals surface area contributed by atoms with Gasteiger partial charge in [-0.05, 0) is 45.1 Å². The van der Waals surface area contributed by atoms with Gasteiger partial charge >= 0.3 is 6.03 Å². The molecule has 1 aromatic carbocycles. The zero-order valence-electron chi connectivity index (χ0n) is 19.9. The van der Waals surface area contributed by atoms with Crippen LogP contribution in [0.5, 0.6) is 11.5 Å². The van der Waals surface area contributed by atoms with Crippen LogP contribution in [0.1, 0.15) is 62.2 Å². The van der Waals surface area contributed by atoms with Crippen LogP contribution in [0.15, 0.2) is 12.1 Å². The molecule has 2 heterocycles. The van der Waals surface area contributed by atoms with Crippen molar-refractivity contribution < 1.29 is 28.7 Å². The number of nitrogens with zero attached hydrogens (tertiary/aromatic N) is 2. The Balaban J connectivity index is 1.60. The lowest BCUT2D eigenvalue weighted by molar-refractivity contribution is -0.136. The summed E-state index contributed by atoms with van der Waals surface area (Å²) in [4.78, 5) is 55.0. The first-order valence-electron chi connectivity index (χ1n) is 11.8. The number of piperidine rings is 1. The van der Waals surface area contributed by atoms with Gasteiger partial charge in [0.15, 0.2) is 11.5 Å². The van der Waals surface area contributed by atoms with Gasteiger partial charge < -0.3 is 25.0 Å². The minimum Gasteiger partial charge on any atom is -0.493 e. The molecular formula is C24H32N4O6. The van der Waals surface area contributed by atoms with Crippen molar-refractivity contribution in [1.29, 1.82) is 0 Å². The summed E-state index contributed by atoms with van der Waals surface area (Å²) in [5, 5.41) is 5.55. The van der Waals surface area contributed by atoms with E-state index in [0.29, 0.717) is 37.4 Å². The van der Waals surface area contributed by atoms with Crippen molar-refractivity contribution in [1.82, 2.24) is 15.1 Å². The van der Waals surface area contributed by atoms with Gasteiger partial charge in [-0.25, -0.2) is 9.69 Å². The summed E-state index contributed by atoms with van der Waals surface area (Å²) in [5.41, 5.74) is -0.387. The topological polar surface area (TPSA) is 117 Å². The van der Waals surface area contributed by atoms with Crippen molar-refractivity contribution in [2.75, 3.05) is 32.6 Å². The highest BCUT2D eigenvalue weighted by Crippen LogP contribution is 2.37. The first-order chi connectivity index (χ1) is 16.3. The molecule has 34 heavy (non-hydrogen) atoms. The van der Waals surface area contributed by atoms with Gasteiger partial charge in [0, 0.05) is 19.2 Å². The Bertz CT molecular complexity index is 997. The van der Waals surface area contributed by atoms with Crippen LogP contribution in [0.2, 0.25) is 0 Å². The molecule has 1 saturated carbocycles. The molecule has 1 atom stereocenters. The number of ether oxygens (including phenoxy) is 2. The number of nitrogens with one attached hydrogen (secondary N) is 2. The second-order valence-electron chi connectivity index (χ2n) is 9.17. The van der Waals surface area contributed by atoms with Gasteiger partial charge in [-0.15, -0.1) is 0 Å². The molecule has 1 aliphatic carbocycles. The van der Waals surface area contributed by atoms with E-state index in [0.717, 1.165) is 37.0 Å². The third-order valence-corrected chi connectivity index (χ3v) is 7.07. The van der Waals surface area contributed by atoms with Crippen LogP contribution >= 0.6 is 0 Å². The van der Waals surface area contributed by atoms with Crippen molar-refractivity contribution >= 4 is 29.4 Å². The zero-order chi connectivity index (χ0) is 24.5. The Labute approximate surface area is 198 Å². The normalized spacial score (nSPS) is 20.3. The summed E-state index contributed by atoms with van der Waals surface area (Å²) in [6.07, 6.45) is 5.78. The number of rotatable bonds is 6. The van der Waals surface area contributed by atoms with Gasteiger partial charge in [0.25, 0.3) is 11.8 Å². The summed E-state index contributed by atoms with van der Waals surface area (Å²) in [6.45, 7) is 2.79. The first-order valence-corrected chi connectivity index (χ1v) is 11.8. The summed E-state index contributed by atoms with van der Waals surface area (Å²) in [6, 6.07) is 1.47. The van der Waals surface area contributed by atoms with Crippen LogP contribution in [0.4, 0.5) is 10.5 Å². The summed E-state index contributed by atoms with van der Waals surface area (Å²) < 4.78 is 10.7. The molecule has 1 aromatic rings. The number of urea groups is 1. The van der Waals surface area contributed by atoms with E-state index in [1.165, 1.54) is 27.2 Å². The van der Waals surface area contributed by atoms with Gasteiger partial charge in [-0.3, -0.25) is 14.4 Å². The number of hydrogen-bond acceptors (Lipinski definition) is 6. The number of imide groups is 1. The SMILES string of the molecule is COc1cc(NC(=O)C(C)N2C(=O)NC3(CCCC3)C2=O)c(C(=O)N2CCCCC2)cc1OC. The monoisotopic (exact) mass is 472 g/mol.